The summed E-state index contributed by atoms with van der Waals surface area (Å²) in [5, 5.41) is 1.12. The van der Waals surface area contributed by atoms with Gasteiger partial charge in [0, 0.05) is 19.0 Å². The summed E-state index contributed by atoms with van der Waals surface area (Å²) in [7, 11) is -1.99. The Labute approximate surface area is 117 Å². The molecule has 0 saturated heterocycles. The van der Waals surface area contributed by atoms with Crippen molar-refractivity contribution in [3.8, 4) is 0 Å². The van der Waals surface area contributed by atoms with Gasteiger partial charge in [0.2, 0.25) is 10.0 Å². The summed E-state index contributed by atoms with van der Waals surface area (Å²) < 4.78 is 25.8. The van der Waals surface area contributed by atoms with Crippen molar-refractivity contribution >= 4 is 32.5 Å². The highest BCUT2D eigenvalue weighted by atomic mass is 35.5. The largest absolute Gasteiger partial charge is 0.243 e. The van der Waals surface area contributed by atoms with Gasteiger partial charge in [-0.2, -0.15) is 4.31 Å². The number of nitrogens with zero attached hydrogens (tertiary/aromatic N) is 2. The molecule has 2 rings (SSSR count). The molecule has 0 spiro atoms. The lowest BCUT2D eigenvalue weighted by molar-refractivity contribution is 0.499. The van der Waals surface area contributed by atoms with Crippen LogP contribution in [-0.4, -0.2) is 31.3 Å². The molecule has 4 nitrogen and oxygen atoms in total. The summed E-state index contributed by atoms with van der Waals surface area (Å²) in [6, 6.07) is 8.15. The number of aromatic nitrogens is 1. The number of hydrogen-bond donors (Lipinski definition) is 0. The van der Waals surface area contributed by atoms with E-state index < -0.39 is 10.0 Å². The van der Waals surface area contributed by atoms with Crippen LogP contribution in [0.4, 0.5) is 0 Å². The van der Waals surface area contributed by atoms with Gasteiger partial charge in [-0.1, -0.05) is 17.7 Å². The van der Waals surface area contributed by atoms with Gasteiger partial charge in [0.15, 0.2) is 0 Å². The molecule has 0 fully saturated rings. The molecule has 1 aromatic carbocycles. The summed E-state index contributed by atoms with van der Waals surface area (Å²) in [5.41, 5.74) is 0.665. The zero-order valence-electron chi connectivity index (χ0n) is 10.4. The molecule has 1 heterocycles. The Bertz CT molecular complexity index is 729. The highest BCUT2D eigenvalue weighted by molar-refractivity contribution is 7.89. The van der Waals surface area contributed by atoms with Crippen LogP contribution >= 0.6 is 11.6 Å². The smallest absolute Gasteiger partial charge is 0.236 e. The minimum atomic E-state index is -3.50. The molecule has 0 saturated carbocycles. The fourth-order valence-electron chi connectivity index (χ4n) is 1.70. The Morgan fingerprint density at radius 3 is 2.79 bits per heavy atom. The van der Waals surface area contributed by atoms with E-state index in [1.807, 2.05) is 0 Å². The Kier molecular flexibility index (Phi) is 3.89. The van der Waals surface area contributed by atoms with Gasteiger partial charge in [-0.15, -0.1) is 6.58 Å². The molecule has 0 aliphatic carbocycles. The second-order valence-corrected chi connectivity index (χ2v) is 6.49. The van der Waals surface area contributed by atoms with Crippen molar-refractivity contribution in [2.45, 2.75) is 4.90 Å². The lowest BCUT2D eigenvalue weighted by Crippen LogP contribution is -2.26. The Hall–Kier alpha value is -1.43. The summed E-state index contributed by atoms with van der Waals surface area (Å²) >= 11 is 5.79. The molecule has 0 aliphatic heterocycles. The molecule has 0 unspecified atom stereocenters. The third-order valence-electron chi connectivity index (χ3n) is 2.72. The number of halogens is 1. The molecule has 0 aliphatic rings. The third kappa shape index (κ3) is 2.78. The van der Waals surface area contributed by atoms with Gasteiger partial charge >= 0.3 is 0 Å². The molecule has 0 N–H and O–H groups in total. The van der Waals surface area contributed by atoms with E-state index in [1.54, 1.807) is 30.3 Å². The summed E-state index contributed by atoms with van der Waals surface area (Å²) in [4.78, 5) is 4.35. The average Bonchev–Trinajstić information content (AvgIpc) is 2.38. The number of benzene rings is 1. The Morgan fingerprint density at radius 1 is 1.37 bits per heavy atom. The first-order valence-corrected chi connectivity index (χ1v) is 7.40. The van der Waals surface area contributed by atoms with Crippen molar-refractivity contribution in [3.63, 3.8) is 0 Å². The van der Waals surface area contributed by atoms with E-state index in [1.165, 1.54) is 17.4 Å². The van der Waals surface area contributed by atoms with Gasteiger partial charge in [-0.3, -0.25) is 0 Å². The maximum atomic E-state index is 12.3. The molecule has 1 aromatic heterocycles. The van der Waals surface area contributed by atoms with E-state index >= 15 is 0 Å². The zero-order valence-corrected chi connectivity index (χ0v) is 11.9. The standard InChI is InChI=1S/C13H13ClN2O2S/c1-3-8-16(2)19(17,18)11-5-6-12-10(9-11)4-7-13(14)15-12/h3-7,9H,1,8H2,2H3. The van der Waals surface area contributed by atoms with E-state index in [0.717, 1.165) is 5.39 Å². The van der Waals surface area contributed by atoms with E-state index in [0.29, 0.717) is 10.7 Å². The average molecular weight is 297 g/mol. The van der Waals surface area contributed by atoms with Gasteiger partial charge in [0.05, 0.1) is 10.4 Å². The van der Waals surface area contributed by atoms with Gasteiger partial charge in [0.25, 0.3) is 0 Å². The lowest BCUT2D eigenvalue weighted by Gasteiger charge is -2.15. The Balaban J connectivity index is 2.52. The number of pyridine rings is 1. The zero-order chi connectivity index (χ0) is 14.0. The number of rotatable bonds is 4. The predicted molar refractivity (Wildman–Crippen MR) is 76.8 cm³/mol. The van der Waals surface area contributed by atoms with Crippen molar-refractivity contribution < 1.29 is 8.42 Å². The summed E-state index contributed by atoms with van der Waals surface area (Å²) in [6.07, 6.45) is 1.54. The van der Waals surface area contributed by atoms with Crippen molar-refractivity contribution in [2.24, 2.45) is 0 Å². The molecule has 19 heavy (non-hydrogen) atoms. The molecular formula is C13H13ClN2O2S. The Morgan fingerprint density at radius 2 is 2.11 bits per heavy atom. The van der Waals surface area contributed by atoms with Crippen LogP contribution in [0.5, 0.6) is 0 Å². The normalized spacial score (nSPS) is 11.9. The van der Waals surface area contributed by atoms with Crippen molar-refractivity contribution in [1.29, 1.82) is 0 Å². The number of sulfonamides is 1. The maximum absolute atomic E-state index is 12.3. The quantitative estimate of drug-likeness (QED) is 0.644. The predicted octanol–water partition coefficient (Wildman–Crippen LogP) is 2.69. The fraction of sp³-hybridized carbons (Fsp3) is 0.154. The SMILES string of the molecule is C=CCN(C)S(=O)(=O)c1ccc2nc(Cl)ccc2c1. The minimum absolute atomic E-state index is 0.230. The van der Waals surface area contributed by atoms with E-state index in [9.17, 15) is 8.42 Å². The van der Waals surface area contributed by atoms with E-state index in [2.05, 4.69) is 11.6 Å². The third-order valence-corrected chi connectivity index (χ3v) is 4.75. The molecule has 0 amide bonds. The summed E-state index contributed by atoms with van der Waals surface area (Å²) in [6.45, 7) is 3.80. The van der Waals surface area contributed by atoms with Crippen LogP contribution in [0.25, 0.3) is 10.9 Å². The molecule has 6 heteroatoms. The van der Waals surface area contributed by atoms with Crippen LogP contribution in [0, 0.1) is 0 Å². The van der Waals surface area contributed by atoms with E-state index in [-0.39, 0.29) is 11.4 Å². The highest BCUT2D eigenvalue weighted by Gasteiger charge is 2.19. The van der Waals surface area contributed by atoms with Crippen molar-refractivity contribution in [1.82, 2.24) is 9.29 Å². The number of fused-ring (bicyclic) bond motifs is 1. The minimum Gasteiger partial charge on any atom is -0.236 e. The first-order chi connectivity index (χ1) is 8.95. The molecule has 0 radical (unpaired) electrons. The van der Waals surface area contributed by atoms with Crippen molar-refractivity contribution in [3.05, 3.63) is 48.1 Å². The summed E-state index contributed by atoms with van der Waals surface area (Å²) in [5.74, 6) is 0. The van der Waals surface area contributed by atoms with Crippen LogP contribution in [0.2, 0.25) is 5.15 Å². The van der Waals surface area contributed by atoms with Gasteiger partial charge in [0.1, 0.15) is 5.15 Å². The van der Waals surface area contributed by atoms with Crippen LogP contribution in [-0.2, 0) is 10.0 Å². The lowest BCUT2D eigenvalue weighted by atomic mass is 10.2. The van der Waals surface area contributed by atoms with Crippen LogP contribution < -0.4 is 0 Å². The first kappa shape index (κ1) is 14.0. The van der Waals surface area contributed by atoms with Crippen LogP contribution in [0.1, 0.15) is 0 Å². The topological polar surface area (TPSA) is 50.3 Å². The van der Waals surface area contributed by atoms with Gasteiger partial charge in [-0.05, 0) is 30.3 Å². The fourth-order valence-corrected chi connectivity index (χ4v) is 3.03. The van der Waals surface area contributed by atoms with Gasteiger partial charge in [-0.25, -0.2) is 13.4 Å². The first-order valence-electron chi connectivity index (χ1n) is 5.58. The monoisotopic (exact) mass is 296 g/mol. The molecule has 100 valence electrons. The highest BCUT2D eigenvalue weighted by Crippen LogP contribution is 2.21. The number of hydrogen-bond acceptors (Lipinski definition) is 3. The molecule has 0 atom stereocenters. The number of likely N-dealkylation sites (N-methyl/N-ethyl adjacent to an activating group) is 1. The van der Waals surface area contributed by atoms with Crippen LogP contribution in [0.15, 0.2) is 47.9 Å². The molecular weight excluding hydrogens is 284 g/mol. The van der Waals surface area contributed by atoms with Crippen molar-refractivity contribution in [2.75, 3.05) is 13.6 Å². The second-order valence-electron chi connectivity index (χ2n) is 4.06. The molecule has 2 aromatic rings. The van der Waals surface area contributed by atoms with Gasteiger partial charge < -0.3 is 0 Å². The van der Waals surface area contributed by atoms with Crippen LogP contribution in [0.3, 0.4) is 0 Å². The molecule has 0 bridgehead atoms. The van der Waals surface area contributed by atoms with E-state index in [4.69, 9.17) is 11.6 Å². The second kappa shape index (κ2) is 5.28. The maximum Gasteiger partial charge on any atom is 0.243 e.